The van der Waals surface area contributed by atoms with Crippen molar-refractivity contribution in [1.82, 2.24) is 21.3 Å². The van der Waals surface area contributed by atoms with Gasteiger partial charge in [0.15, 0.2) is 0 Å². The highest BCUT2D eigenvalue weighted by Gasteiger charge is 2.32. The number of piperidine rings is 1. The van der Waals surface area contributed by atoms with E-state index < -0.39 is 47.8 Å². The lowest BCUT2D eigenvalue weighted by Crippen LogP contribution is -2.59. The minimum absolute atomic E-state index is 0.0493. The van der Waals surface area contributed by atoms with Crippen LogP contribution in [0, 0.1) is 5.92 Å². The summed E-state index contributed by atoms with van der Waals surface area (Å²) in [7, 11) is 0. The highest BCUT2D eigenvalue weighted by Crippen LogP contribution is 2.10. The molecule has 10 nitrogen and oxygen atoms in total. The summed E-state index contributed by atoms with van der Waals surface area (Å²) >= 11 is 0. The molecule has 0 saturated carbocycles. The molecular formula is C28H34N4O6. The minimum atomic E-state index is -1.02. The first kappa shape index (κ1) is 28.4. The number of carbonyl (C=O) groups is 5. The molecule has 38 heavy (non-hydrogen) atoms. The second-order valence-electron chi connectivity index (χ2n) is 9.65. The first-order valence-corrected chi connectivity index (χ1v) is 12.7. The average molecular weight is 523 g/mol. The molecule has 2 aromatic rings. The third-order valence-corrected chi connectivity index (χ3v) is 6.00. The maximum absolute atomic E-state index is 13.3. The summed E-state index contributed by atoms with van der Waals surface area (Å²) in [5, 5.41) is 10.2. The Bertz CT molecular complexity index is 1120. The van der Waals surface area contributed by atoms with Crippen LogP contribution in [-0.2, 0) is 36.9 Å². The Kier molecular flexibility index (Phi) is 10.4. The molecule has 5 amide bonds. The molecule has 3 rings (SSSR count). The monoisotopic (exact) mass is 522 g/mol. The van der Waals surface area contributed by atoms with Gasteiger partial charge in [-0.2, -0.15) is 0 Å². The van der Waals surface area contributed by atoms with E-state index in [1.54, 1.807) is 0 Å². The molecular weight excluding hydrogens is 488 g/mol. The van der Waals surface area contributed by atoms with Gasteiger partial charge in [-0.3, -0.25) is 24.5 Å². The van der Waals surface area contributed by atoms with Crippen molar-refractivity contribution in [3.63, 3.8) is 0 Å². The normalized spacial score (nSPS) is 16.7. The summed E-state index contributed by atoms with van der Waals surface area (Å²) in [6, 6.07) is 15.4. The Hall–Kier alpha value is -4.21. The minimum Gasteiger partial charge on any atom is -0.445 e. The van der Waals surface area contributed by atoms with Gasteiger partial charge in [0.05, 0.1) is 0 Å². The van der Waals surface area contributed by atoms with Crippen LogP contribution in [0.4, 0.5) is 4.79 Å². The molecule has 1 aliphatic heterocycles. The zero-order valence-corrected chi connectivity index (χ0v) is 21.6. The van der Waals surface area contributed by atoms with E-state index in [9.17, 15) is 24.0 Å². The number of carbonyl (C=O) groups excluding carboxylic acids is 5. The summed E-state index contributed by atoms with van der Waals surface area (Å²) < 4.78 is 5.28. The van der Waals surface area contributed by atoms with Gasteiger partial charge in [-0.1, -0.05) is 74.5 Å². The van der Waals surface area contributed by atoms with Gasteiger partial charge < -0.3 is 20.7 Å². The Morgan fingerprint density at radius 2 is 1.53 bits per heavy atom. The summed E-state index contributed by atoms with van der Waals surface area (Å²) in [6.07, 6.45) is 0.0187. The van der Waals surface area contributed by atoms with Gasteiger partial charge in [0.2, 0.25) is 23.6 Å². The Morgan fingerprint density at radius 1 is 0.895 bits per heavy atom. The predicted molar refractivity (Wildman–Crippen MR) is 139 cm³/mol. The van der Waals surface area contributed by atoms with E-state index in [2.05, 4.69) is 21.3 Å². The van der Waals surface area contributed by atoms with E-state index in [4.69, 9.17) is 4.74 Å². The second kappa shape index (κ2) is 13.9. The molecule has 10 heteroatoms. The average Bonchev–Trinajstić information content (AvgIpc) is 2.89. The molecule has 202 valence electrons. The van der Waals surface area contributed by atoms with Crippen molar-refractivity contribution >= 4 is 29.7 Å². The van der Waals surface area contributed by atoms with Crippen molar-refractivity contribution in [2.24, 2.45) is 5.92 Å². The largest absolute Gasteiger partial charge is 0.445 e. The quantitative estimate of drug-likeness (QED) is 0.333. The van der Waals surface area contributed by atoms with E-state index in [-0.39, 0.29) is 31.8 Å². The van der Waals surface area contributed by atoms with E-state index in [0.717, 1.165) is 11.1 Å². The van der Waals surface area contributed by atoms with Crippen LogP contribution in [-0.4, -0.2) is 47.8 Å². The van der Waals surface area contributed by atoms with Crippen molar-refractivity contribution in [3.05, 3.63) is 71.8 Å². The zero-order valence-electron chi connectivity index (χ0n) is 21.6. The van der Waals surface area contributed by atoms with Crippen LogP contribution in [0.15, 0.2) is 60.7 Å². The van der Waals surface area contributed by atoms with Crippen molar-refractivity contribution in [1.29, 1.82) is 0 Å². The molecule has 1 saturated heterocycles. The van der Waals surface area contributed by atoms with Crippen LogP contribution >= 0.6 is 0 Å². The Balaban J connectivity index is 1.69. The zero-order chi connectivity index (χ0) is 27.5. The molecule has 1 fully saturated rings. The van der Waals surface area contributed by atoms with Crippen LogP contribution in [0.1, 0.15) is 44.2 Å². The molecule has 4 N–H and O–H groups in total. The summed E-state index contributed by atoms with van der Waals surface area (Å²) in [4.78, 5) is 62.6. The Labute approximate surface area is 221 Å². The van der Waals surface area contributed by atoms with Crippen LogP contribution in [0.5, 0.6) is 0 Å². The Morgan fingerprint density at radius 3 is 2.13 bits per heavy atom. The summed E-state index contributed by atoms with van der Waals surface area (Å²) in [5.74, 6) is -2.03. The van der Waals surface area contributed by atoms with Crippen LogP contribution < -0.4 is 21.3 Å². The molecule has 0 aromatic heterocycles. The maximum atomic E-state index is 13.3. The van der Waals surface area contributed by atoms with E-state index in [0.29, 0.717) is 6.42 Å². The number of ether oxygens (including phenoxy) is 1. The number of amides is 5. The highest BCUT2D eigenvalue weighted by atomic mass is 16.5. The molecule has 3 atom stereocenters. The van der Waals surface area contributed by atoms with Crippen molar-refractivity contribution in [2.75, 3.05) is 0 Å². The molecule has 1 heterocycles. The smallest absolute Gasteiger partial charge is 0.408 e. The van der Waals surface area contributed by atoms with Crippen molar-refractivity contribution < 1.29 is 28.7 Å². The standard InChI is InChI=1S/C28H34N4O6/c1-18(2)15-22(31-28(37)38-17-20-11-7-4-8-12-20)26(35)30-23(16-19-9-5-3-6-10-19)27(36)29-21-13-14-24(33)32-25(21)34/h3-12,18,21-23H,13-17H2,1-2H3,(H,29,36)(H,30,35)(H,31,37)(H,32,33,34)/t21-,22-,23-/m0/s1. The molecule has 2 aromatic carbocycles. The van der Waals surface area contributed by atoms with Gasteiger partial charge >= 0.3 is 6.09 Å². The number of imide groups is 1. The molecule has 0 radical (unpaired) electrons. The van der Waals surface area contributed by atoms with Crippen molar-refractivity contribution in [3.8, 4) is 0 Å². The molecule has 0 bridgehead atoms. The molecule has 0 unspecified atom stereocenters. The molecule has 1 aliphatic rings. The number of alkyl carbamates (subject to hydrolysis) is 1. The lowest BCUT2D eigenvalue weighted by atomic mass is 10.0. The third-order valence-electron chi connectivity index (χ3n) is 6.00. The number of hydrogen-bond acceptors (Lipinski definition) is 6. The SMILES string of the molecule is CC(C)C[C@H](NC(=O)OCc1ccccc1)C(=O)N[C@@H](Cc1ccccc1)C(=O)N[C@H]1CCC(=O)NC1=O. The first-order chi connectivity index (χ1) is 18.2. The van der Waals surface area contributed by atoms with Gasteiger partial charge in [0.1, 0.15) is 24.7 Å². The van der Waals surface area contributed by atoms with Crippen LogP contribution in [0.3, 0.4) is 0 Å². The highest BCUT2D eigenvalue weighted by molar-refractivity contribution is 6.02. The van der Waals surface area contributed by atoms with Crippen molar-refractivity contribution in [2.45, 2.75) is 64.3 Å². The van der Waals surface area contributed by atoms with E-state index in [1.807, 2.05) is 74.5 Å². The van der Waals surface area contributed by atoms with Gasteiger partial charge in [-0.05, 0) is 29.9 Å². The fourth-order valence-electron chi connectivity index (χ4n) is 4.04. The van der Waals surface area contributed by atoms with Gasteiger partial charge in [0.25, 0.3) is 0 Å². The lowest BCUT2D eigenvalue weighted by molar-refractivity contribution is -0.138. The number of rotatable bonds is 11. The maximum Gasteiger partial charge on any atom is 0.408 e. The third kappa shape index (κ3) is 9.02. The topological polar surface area (TPSA) is 143 Å². The fourth-order valence-corrected chi connectivity index (χ4v) is 4.04. The molecule has 0 spiro atoms. The van der Waals surface area contributed by atoms with Gasteiger partial charge in [0, 0.05) is 12.8 Å². The van der Waals surface area contributed by atoms with Gasteiger partial charge in [-0.25, -0.2) is 4.79 Å². The number of hydrogen-bond donors (Lipinski definition) is 4. The first-order valence-electron chi connectivity index (χ1n) is 12.7. The van der Waals surface area contributed by atoms with Crippen LogP contribution in [0.25, 0.3) is 0 Å². The van der Waals surface area contributed by atoms with E-state index >= 15 is 0 Å². The lowest BCUT2D eigenvalue weighted by Gasteiger charge is -2.27. The number of nitrogens with one attached hydrogen (secondary N) is 4. The fraction of sp³-hybridized carbons (Fsp3) is 0.393. The molecule has 0 aliphatic carbocycles. The van der Waals surface area contributed by atoms with E-state index in [1.165, 1.54) is 0 Å². The summed E-state index contributed by atoms with van der Waals surface area (Å²) in [5.41, 5.74) is 1.60. The van der Waals surface area contributed by atoms with Gasteiger partial charge in [-0.15, -0.1) is 0 Å². The summed E-state index contributed by atoms with van der Waals surface area (Å²) in [6.45, 7) is 3.87. The van der Waals surface area contributed by atoms with Crippen LogP contribution in [0.2, 0.25) is 0 Å². The number of benzene rings is 2. The predicted octanol–water partition coefficient (Wildman–Crippen LogP) is 1.98. The second-order valence-corrected chi connectivity index (χ2v) is 9.65.